The van der Waals surface area contributed by atoms with Crippen molar-refractivity contribution < 1.29 is 14.3 Å². The normalized spacial score (nSPS) is 19.1. The number of rotatable bonds is 2. The first kappa shape index (κ1) is 14.5. The number of hydrogen-bond donors (Lipinski definition) is 0. The van der Waals surface area contributed by atoms with Gasteiger partial charge in [0.2, 0.25) is 5.76 Å². The van der Waals surface area contributed by atoms with E-state index >= 15 is 0 Å². The number of thiazole rings is 1. The minimum Gasteiger partial charge on any atom is -0.494 e. The number of ether oxygens (including phenoxy) is 2. The molecule has 0 aliphatic carbocycles. The molecule has 1 aromatic carbocycles. The highest BCUT2D eigenvalue weighted by Gasteiger charge is 2.28. The summed E-state index contributed by atoms with van der Waals surface area (Å²) >= 11 is 1.77. The lowest BCUT2D eigenvalue weighted by molar-refractivity contribution is -0.133. The Morgan fingerprint density at radius 2 is 2.04 bits per heavy atom. The predicted molar refractivity (Wildman–Crippen MR) is 88.2 cm³/mol. The topological polar surface area (TPSA) is 51.7 Å². The summed E-state index contributed by atoms with van der Waals surface area (Å²) < 4.78 is 11.8. The van der Waals surface area contributed by atoms with Gasteiger partial charge in [0.1, 0.15) is 19.5 Å². The molecule has 1 saturated heterocycles. The molecule has 4 rings (SSSR count). The van der Waals surface area contributed by atoms with Crippen molar-refractivity contribution in [2.24, 2.45) is 0 Å². The van der Waals surface area contributed by atoms with E-state index in [0.717, 1.165) is 31.4 Å². The summed E-state index contributed by atoms with van der Waals surface area (Å²) in [4.78, 5) is 19.0. The van der Waals surface area contributed by atoms with Crippen LogP contribution in [0.3, 0.4) is 0 Å². The number of aromatic nitrogens is 1. The van der Waals surface area contributed by atoms with Crippen LogP contribution in [-0.2, 0) is 14.3 Å². The maximum atomic E-state index is 12.4. The molecule has 0 saturated carbocycles. The third-order valence-electron chi connectivity index (χ3n) is 4.30. The number of amides is 1. The average molecular weight is 330 g/mol. The van der Waals surface area contributed by atoms with E-state index in [1.807, 2.05) is 17.0 Å². The third kappa shape index (κ3) is 2.91. The van der Waals surface area contributed by atoms with Crippen LogP contribution in [0.2, 0.25) is 0 Å². The fourth-order valence-electron chi connectivity index (χ4n) is 3.03. The molecular weight excluding hydrogens is 312 g/mol. The molecule has 6 heteroatoms. The van der Waals surface area contributed by atoms with Gasteiger partial charge in [0.15, 0.2) is 0 Å². The second-order valence-electron chi connectivity index (χ2n) is 5.79. The summed E-state index contributed by atoms with van der Waals surface area (Å²) in [5, 5.41) is 1.19. The van der Waals surface area contributed by atoms with Crippen molar-refractivity contribution in [3.8, 4) is 0 Å². The summed E-state index contributed by atoms with van der Waals surface area (Å²) in [6.07, 6.45) is 3.32. The van der Waals surface area contributed by atoms with Gasteiger partial charge in [-0.3, -0.25) is 4.79 Å². The molecule has 0 unspecified atom stereocenters. The maximum absolute atomic E-state index is 12.4. The maximum Gasteiger partial charge on any atom is 0.292 e. The molecule has 0 N–H and O–H groups in total. The summed E-state index contributed by atoms with van der Waals surface area (Å²) in [5.74, 6) is 0.705. The molecule has 2 aliphatic rings. The van der Waals surface area contributed by atoms with Crippen LogP contribution in [0, 0.1) is 0 Å². The lowest BCUT2D eigenvalue weighted by atomic mass is 9.97. The van der Waals surface area contributed by atoms with Crippen LogP contribution < -0.4 is 0 Å². The Bertz CT molecular complexity index is 714. The third-order valence-corrected chi connectivity index (χ3v) is 5.50. The van der Waals surface area contributed by atoms with E-state index in [2.05, 4.69) is 12.1 Å². The van der Waals surface area contributed by atoms with Gasteiger partial charge in [-0.15, -0.1) is 11.3 Å². The zero-order chi connectivity index (χ0) is 15.6. The summed E-state index contributed by atoms with van der Waals surface area (Å²) in [7, 11) is 0. The van der Waals surface area contributed by atoms with E-state index < -0.39 is 0 Å². The Kier molecular flexibility index (Phi) is 3.91. The number of carbonyl (C=O) groups is 1. The molecule has 0 atom stereocenters. The van der Waals surface area contributed by atoms with Crippen LogP contribution >= 0.6 is 11.3 Å². The van der Waals surface area contributed by atoms with Crippen molar-refractivity contribution in [2.45, 2.75) is 18.8 Å². The first-order chi connectivity index (χ1) is 11.3. The number of likely N-dealkylation sites (tertiary alicyclic amines) is 1. The van der Waals surface area contributed by atoms with Gasteiger partial charge < -0.3 is 14.4 Å². The van der Waals surface area contributed by atoms with Crippen LogP contribution in [0.15, 0.2) is 36.3 Å². The Hall–Kier alpha value is -2.08. The van der Waals surface area contributed by atoms with Gasteiger partial charge in [-0.2, -0.15) is 0 Å². The second kappa shape index (κ2) is 6.20. The largest absolute Gasteiger partial charge is 0.494 e. The molecule has 120 valence electrons. The molecule has 0 bridgehead atoms. The van der Waals surface area contributed by atoms with E-state index in [0.29, 0.717) is 24.9 Å². The van der Waals surface area contributed by atoms with Gasteiger partial charge in [-0.1, -0.05) is 12.1 Å². The Morgan fingerprint density at radius 3 is 2.78 bits per heavy atom. The number of piperidine rings is 1. The summed E-state index contributed by atoms with van der Waals surface area (Å²) in [6, 6.07) is 8.24. The van der Waals surface area contributed by atoms with E-state index in [-0.39, 0.29) is 5.91 Å². The highest BCUT2D eigenvalue weighted by atomic mass is 32.1. The van der Waals surface area contributed by atoms with Gasteiger partial charge in [0, 0.05) is 19.0 Å². The van der Waals surface area contributed by atoms with Crippen molar-refractivity contribution in [2.75, 3.05) is 26.3 Å². The van der Waals surface area contributed by atoms with Crippen molar-refractivity contribution in [1.82, 2.24) is 9.88 Å². The molecule has 23 heavy (non-hydrogen) atoms. The minimum atomic E-state index is -0.0625. The van der Waals surface area contributed by atoms with E-state index in [4.69, 9.17) is 14.5 Å². The predicted octanol–water partition coefficient (Wildman–Crippen LogP) is 2.89. The van der Waals surface area contributed by atoms with Crippen LogP contribution in [0.4, 0.5) is 0 Å². The monoisotopic (exact) mass is 330 g/mol. The number of benzene rings is 1. The SMILES string of the molecule is O=C(C1=COCCO1)N1CCC(c2nc3ccccc3s2)CC1. The lowest BCUT2D eigenvalue weighted by Crippen LogP contribution is -2.39. The number of nitrogens with zero attached hydrogens (tertiary/aromatic N) is 2. The molecule has 5 nitrogen and oxygen atoms in total. The highest BCUT2D eigenvalue weighted by Crippen LogP contribution is 2.34. The molecule has 1 fully saturated rings. The first-order valence-corrected chi connectivity index (χ1v) is 8.72. The zero-order valence-electron chi connectivity index (χ0n) is 12.7. The Balaban J connectivity index is 1.42. The number of carbonyl (C=O) groups excluding carboxylic acids is 1. The average Bonchev–Trinajstić information content (AvgIpc) is 3.06. The summed E-state index contributed by atoms with van der Waals surface area (Å²) in [5.41, 5.74) is 1.07. The number of para-hydroxylation sites is 1. The fourth-order valence-corrected chi connectivity index (χ4v) is 4.17. The van der Waals surface area contributed by atoms with Crippen LogP contribution in [0.1, 0.15) is 23.8 Å². The van der Waals surface area contributed by atoms with Crippen molar-refractivity contribution in [3.05, 3.63) is 41.3 Å². The molecular formula is C17H18N2O3S. The molecule has 2 aromatic rings. The molecule has 2 aliphatic heterocycles. The number of hydrogen-bond acceptors (Lipinski definition) is 5. The van der Waals surface area contributed by atoms with E-state index in [1.165, 1.54) is 16.0 Å². The minimum absolute atomic E-state index is 0.0625. The van der Waals surface area contributed by atoms with Crippen LogP contribution in [0.25, 0.3) is 10.2 Å². The van der Waals surface area contributed by atoms with Crippen molar-refractivity contribution in [3.63, 3.8) is 0 Å². The van der Waals surface area contributed by atoms with E-state index in [9.17, 15) is 4.79 Å². The second-order valence-corrected chi connectivity index (χ2v) is 6.85. The van der Waals surface area contributed by atoms with Crippen molar-refractivity contribution in [1.29, 1.82) is 0 Å². The molecule has 0 spiro atoms. The standard InChI is InChI=1S/C17H18N2O3S/c20-17(14-11-21-9-10-22-14)19-7-5-12(6-8-19)16-18-13-3-1-2-4-15(13)23-16/h1-4,11-12H,5-10H2. The number of fused-ring (bicyclic) bond motifs is 1. The van der Waals surface area contributed by atoms with Gasteiger partial charge in [0.05, 0.1) is 15.2 Å². The van der Waals surface area contributed by atoms with Gasteiger partial charge >= 0.3 is 0 Å². The van der Waals surface area contributed by atoms with Gasteiger partial charge in [0.25, 0.3) is 5.91 Å². The molecule has 1 amide bonds. The molecule has 0 radical (unpaired) electrons. The van der Waals surface area contributed by atoms with Crippen LogP contribution in [-0.4, -0.2) is 42.1 Å². The smallest absolute Gasteiger partial charge is 0.292 e. The zero-order valence-corrected chi connectivity index (χ0v) is 13.6. The quantitative estimate of drug-likeness (QED) is 0.849. The van der Waals surface area contributed by atoms with Crippen LogP contribution in [0.5, 0.6) is 0 Å². The fraction of sp³-hybridized carbons (Fsp3) is 0.412. The van der Waals surface area contributed by atoms with Gasteiger partial charge in [-0.05, 0) is 25.0 Å². The van der Waals surface area contributed by atoms with E-state index in [1.54, 1.807) is 11.3 Å². The first-order valence-electron chi connectivity index (χ1n) is 7.90. The van der Waals surface area contributed by atoms with Crippen molar-refractivity contribution >= 4 is 27.5 Å². The highest BCUT2D eigenvalue weighted by molar-refractivity contribution is 7.18. The molecule has 1 aromatic heterocycles. The lowest BCUT2D eigenvalue weighted by Gasteiger charge is -2.31. The Labute approximate surface area is 138 Å². The summed E-state index contributed by atoms with van der Waals surface area (Å²) in [6.45, 7) is 2.43. The van der Waals surface area contributed by atoms with Gasteiger partial charge in [-0.25, -0.2) is 4.98 Å². The molecule has 3 heterocycles. The Morgan fingerprint density at radius 1 is 1.22 bits per heavy atom.